The van der Waals surface area contributed by atoms with E-state index in [1.165, 1.54) is 43.3 Å². The molecule has 0 atom stereocenters. The second-order valence-electron chi connectivity index (χ2n) is 6.70. The zero-order chi connectivity index (χ0) is 22.5. The molecular weight excluding hydrogens is 474 g/mol. The number of rotatable bonds is 8. The third-order valence-electron chi connectivity index (χ3n) is 4.35. The van der Waals surface area contributed by atoms with Gasteiger partial charge in [0.15, 0.2) is 0 Å². The Morgan fingerprint density at radius 1 is 1.10 bits per heavy atom. The number of nitrogens with one attached hydrogen (secondary N) is 1. The van der Waals surface area contributed by atoms with Gasteiger partial charge in [-0.25, -0.2) is 12.7 Å². The quantitative estimate of drug-likeness (QED) is 0.602. The van der Waals surface area contributed by atoms with Crippen molar-refractivity contribution in [3.8, 4) is 5.75 Å². The molecule has 30 heavy (non-hydrogen) atoms. The molecule has 0 aliphatic carbocycles. The van der Waals surface area contributed by atoms with Gasteiger partial charge in [0, 0.05) is 43.3 Å². The Hall–Kier alpha value is -2.43. The van der Waals surface area contributed by atoms with Crippen molar-refractivity contribution < 1.29 is 22.7 Å². The topological polar surface area (TPSA) is 96.0 Å². The highest BCUT2D eigenvalue weighted by Crippen LogP contribution is 2.24. The average molecular weight is 498 g/mol. The second-order valence-corrected chi connectivity index (χ2v) is 9.77. The van der Waals surface area contributed by atoms with Crippen molar-refractivity contribution in [3.05, 3.63) is 58.1 Å². The smallest absolute Gasteiger partial charge is 0.251 e. The SMILES string of the molecule is COc1ccc(Br)cc1CN(C)C(=O)CNC(=O)c1cccc(S(=O)(=O)N(C)C)c1. The van der Waals surface area contributed by atoms with Crippen LogP contribution in [0.25, 0.3) is 0 Å². The third kappa shape index (κ3) is 5.80. The van der Waals surface area contributed by atoms with E-state index < -0.39 is 15.9 Å². The number of methoxy groups -OCH3 is 1. The summed E-state index contributed by atoms with van der Waals surface area (Å²) in [7, 11) is 2.35. The Morgan fingerprint density at radius 3 is 2.43 bits per heavy atom. The molecule has 8 nitrogen and oxygen atoms in total. The minimum absolute atomic E-state index is 0.00495. The minimum atomic E-state index is -3.66. The number of ether oxygens (including phenoxy) is 1. The van der Waals surface area contributed by atoms with Gasteiger partial charge in [-0.3, -0.25) is 9.59 Å². The van der Waals surface area contributed by atoms with Crippen LogP contribution in [0.5, 0.6) is 5.75 Å². The maximum absolute atomic E-state index is 12.4. The number of amides is 2. The molecule has 2 rings (SSSR count). The Morgan fingerprint density at radius 2 is 1.80 bits per heavy atom. The molecule has 0 unspecified atom stereocenters. The molecule has 0 aliphatic rings. The standard InChI is InChI=1S/C20H24BrN3O5S/c1-23(2)30(27,28)17-7-5-6-14(11-17)20(26)22-12-19(25)24(3)13-15-10-16(21)8-9-18(15)29-4/h5-11H,12-13H2,1-4H3,(H,22,26). The van der Waals surface area contributed by atoms with Crippen molar-refractivity contribution in [1.29, 1.82) is 0 Å². The molecule has 2 aromatic carbocycles. The van der Waals surface area contributed by atoms with Crippen molar-refractivity contribution in [2.75, 3.05) is 34.8 Å². The summed E-state index contributed by atoms with van der Waals surface area (Å²) in [5.41, 5.74) is 0.970. The van der Waals surface area contributed by atoms with Gasteiger partial charge in [0.1, 0.15) is 5.75 Å². The summed E-state index contributed by atoms with van der Waals surface area (Å²) in [6, 6.07) is 11.2. The van der Waals surface area contributed by atoms with Crippen LogP contribution < -0.4 is 10.1 Å². The average Bonchev–Trinajstić information content (AvgIpc) is 2.71. The number of carbonyl (C=O) groups excluding carboxylic acids is 2. The highest BCUT2D eigenvalue weighted by molar-refractivity contribution is 9.10. The highest BCUT2D eigenvalue weighted by atomic mass is 79.9. The van der Waals surface area contributed by atoms with Crippen LogP contribution in [0.15, 0.2) is 51.8 Å². The van der Waals surface area contributed by atoms with E-state index in [9.17, 15) is 18.0 Å². The Kier molecular flexibility index (Phi) is 7.99. The van der Waals surface area contributed by atoms with Gasteiger partial charge in [-0.15, -0.1) is 0 Å². The van der Waals surface area contributed by atoms with E-state index in [-0.39, 0.29) is 22.9 Å². The number of benzene rings is 2. The molecule has 0 radical (unpaired) electrons. The predicted molar refractivity (Wildman–Crippen MR) is 117 cm³/mol. The number of nitrogens with zero attached hydrogens (tertiary/aromatic N) is 2. The Bertz CT molecular complexity index is 1040. The first-order valence-corrected chi connectivity index (χ1v) is 11.2. The van der Waals surface area contributed by atoms with Gasteiger partial charge in [0.2, 0.25) is 15.9 Å². The summed E-state index contributed by atoms with van der Waals surface area (Å²) >= 11 is 3.39. The van der Waals surface area contributed by atoms with Crippen LogP contribution in [0, 0.1) is 0 Å². The van der Waals surface area contributed by atoms with Crippen molar-refractivity contribution in [1.82, 2.24) is 14.5 Å². The van der Waals surface area contributed by atoms with E-state index in [0.717, 1.165) is 14.3 Å². The van der Waals surface area contributed by atoms with Crippen LogP contribution in [0.4, 0.5) is 0 Å². The molecule has 0 aliphatic heterocycles. The number of sulfonamides is 1. The lowest BCUT2D eigenvalue weighted by molar-refractivity contribution is -0.129. The molecule has 0 aromatic heterocycles. The zero-order valence-corrected chi connectivity index (χ0v) is 19.6. The zero-order valence-electron chi connectivity index (χ0n) is 17.2. The largest absolute Gasteiger partial charge is 0.496 e. The van der Waals surface area contributed by atoms with E-state index >= 15 is 0 Å². The van der Waals surface area contributed by atoms with Crippen LogP contribution in [-0.4, -0.2) is 64.2 Å². The molecule has 2 aromatic rings. The van der Waals surface area contributed by atoms with Gasteiger partial charge >= 0.3 is 0 Å². The van der Waals surface area contributed by atoms with Crippen LogP contribution in [-0.2, 0) is 21.4 Å². The van der Waals surface area contributed by atoms with E-state index in [4.69, 9.17) is 4.74 Å². The van der Waals surface area contributed by atoms with Crippen LogP contribution >= 0.6 is 15.9 Å². The molecule has 0 fully saturated rings. The van der Waals surface area contributed by atoms with Crippen molar-refractivity contribution in [3.63, 3.8) is 0 Å². The van der Waals surface area contributed by atoms with E-state index in [1.807, 2.05) is 12.1 Å². The van der Waals surface area contributed by atoms with Gasteiger partial charge in [0.25, 0.3) is 5.91 Å². The number of hydrogen-bond acceptors (Lipinski definition) is 5. The van der Waals surface area contributed by atoms with Gasteiger partial charge < -0.3 is 15.0 Å². The first kappa shape index (κ1) is 23.8. The van der Waals surface area contributed by atoms with Gasteiger partial charge in [-0.2, -0.15) is 0 Å². The number of halogens is 1. The lowest BCUT2D eigenvalue weighted by Crippen LogP contribution is -2.38. The summed E-state index contributed by atoms with van der Waals surface area (Å²) in [4.78, 5) is 26.3. The fourth-order valence-electron chi connectivity index (χ4n) is 2.62. The molecule has 0 spiro atoms. The monoisotopic (exact) mass is 497 g/mol. The normalized spacial score (nSPS) is 11.3. The Labute approximate surface area is 185 Å². The summed E-state index contributed by atoms with van der Waals surface area (Å²) in [5.74, 6) is -0.184. The highest BCUT2D eigenvalue weighted by Gasteiger charge is 2.19. The number of carbonyl (C=O) groups is 2. The minimum Gasteiger partial charge on any atom is -0.496 e. The van der Waals surface area contributed by atoms with Crippen molar-refractivity contribution in [2.24, 2.45) is 0 Å². The maximum atomic E-state index is 12.4. The van der Waals surface area contributed by atoms with Crippen LogP contribution in [0.3, 0.4) is 0 Å². The lowest BCUT2D eigenvalue weighted by atomic mass is 10.2. The molecule has 0 saturated heterocycles. The van der Waals surface area contributed by atoms with Crippen molar-refractivity contribution in [2.45, 2.75) is 11.4 Å². The fourth-order valence-corrected chi connectivity index (χ4v) is 3.97. The van der Waals surface area contributed by atoms with Crippen molar-refractivity contribution >= 4 is 37.8 Å². The van der Waals surface area contributed by atoms with Crippen LogP contribution in [0.2, 0.25) is 0 Å². The summed E-state index contributed by atoms with van der Waals surface area (Å²) in [5, 5.41) is 2.53. The maximum Gasteiger partial charge on any atom is 0.251 e. The second kappa shape index (κ2) is 10.1. The van der Waals surface area contributed by atoms with Gasteiger partial charge in [-0.1, -0.05) is 22.0 Å². The van der Waals surface area contributed by atoms with E-state index in [0.29, 0.717) is 12.3 Å². The molecule has 162 valence electrons. The molecule has 0 saturated carbocycles. The lowest BCUT2D eigenvalue weighted by Gasteiger charge is -2.19. The molecule has 1 N–H and O–H groups in total. The first-order valence-electron chi connectivity index (χ1n) is 8.93. The van der Waals surface area contributed by atoms with Gasteiger partial charge in [0.05, 0.1) is 18.6 Å². The first-order chi connectivity index (χ1) is 14.1. The third-order valence-corrected chi connectivity index (χ3v) is 6.66. The Balaban J connectivity index is 2.03. The summed E-state index contributed by atoms with van der Waals surface area (Å²) in [6.45, 7) is 0.0736. The van der Waals surface area contributed by atoms with E-state index in [1.54, 1.807) is 20.2 Å². The van der Waals surface area contributed by atoms with E-state index in [2.05, 4.69) is 21.2 Å². The molecule has 2 amide bonds. The van der Waals surface area contributed by atoms with Gasteiger partial charge in [-0.05, 0) is 36.4 Å². The summed E-state index contributed by atoms with van der Waals surface area (Å²) < 4.78 is 31.7. The molecule has 10 heteroatoms. The fraction of sp³-hybridized carbons (Fsp3) is 0.300. The summed E-state index contributed by atoms with van der Waals surface area (Å²) in [6.07, 6.45) is 0. The predicted octanol–water partition coefficient (Wildman–Crippen LogP) is 2.10. The van der Waals surface area contributed by atoms with Crippen LogP contribution in [0.1, 0.15) is 15.9 Å². The molecule has 0 bridgehead atoms. The molecular formula is C20H24BrN3O5S. The number of hydrogen-bond donors (Lipinski definition) is 1. The number of likely N-dealkylation sites (N-methyl/N-ethyl adjacent to an activating group) is 1. The molecule has 0 heterocycles.